The number of nitrogens with zero attached hydrogens (tertiary/aromatic N) is 5. The summed E-state index contributed by atoms with van der Waals surface area (Å²) in [5.74, 6) is 0.849. The second-order valence-electron chi connectivity index (χ2n) is 5.91. The van der Waals surface area contributed by atoms with Crippen LogP contribution in [-0.2, 0) is 13.1 Å². The Hall–Kier alpha value is -2.09. The van der Waals surface area contributed by atoms with Gasteiger partial charge in [0.15, 0.2) is 5.82 Å². The van der Waals surface area contributed by atoms with Gasteiger partial charge < -0.3 is 10.2 Å². The van der Waals surface area contributed by atoms with Crippen LogP contribution in [0.15, 0.2) is 47.2 Å². The molecule has 0 unspecified atom stereocenters. The van der Waals surface area contributed by atoms with Crippen molar-refractivity contribution in [3.05, 3.63) is 64.1 Å². The van der Waals surface area contributed by atoms with Crippen LogP contribution in [0.4, 0.5) is 0 Å². The number of aromatic nitrogens is 4. The Kier molecular flexibility index (Phi) is 5.68. The van der Waals surface area contributed by atoms with Crippen molar-refractivity contribution in [3.63, 3.8) is 0 Å². The van der Waals surface area contributed by atoms with Gasteiger partial charge in [0.05, 0.1) is 13.1 Å². The molecule has 0 fully saturated rings. The van der Waals surface area contributed by atoms with Gasteiger partial charge >= 0.3 is 0 Å². The van der Waals surface area contributed by atoms with E-state index in [1.807, 2.05) is 22.9 Å². The topological polar surface area (TPSA) is 58.9 Å². The number of tetrazole rings is 1. The number of thiophene rings is 1. The van der Waals surface area contributed by atoms with Crippen molar-refractivity contribution in [1.82, 2.24) is 30.4 Å². The number of hydrogen-bond acceptors (Lipinski definition) is 6. The first-order valence-corrected chi connectivity index (χ1v) is 8.86. The lowest BCUT2D eigenvalue weighted by Gasteiger charge is -2.24. The molecule has 2 heterocycles. The Balaban J connectivity index is 1.58. The van der Waals surface area contributed by atoms with Crippen LogP contribution in [0.3, 0.4) is 0 Å². The third-order valence-electron chi connectivity index (χ3n) is 3.95. The Morgan fingerprint density at radius 2 is 2.04 bits per heavy atom. The highest BCUT2D eigenvalue weighted by Gasteiger charge is 2.15. The van der Waals surface area contributed by atoms with Crippen LogP contribution < -0.4 is 5.32 Å². The minimum Gasteiger partial charge on any atom is -0.308 e. The number of likely N-dealkylation sites (N-methyl/N-ethyl adjacent to an activating group) is 1. The molecule has 0 bridgehead atoms. The highest BCUT2D eigenvalue weighted by Crippen LogP contribution is 2.20. The number of rotatable bonds is 8. The average Bonchev–Trinajstić information content (AvgIpc) is 3.24. The lowest BCUT2D eigenvalue weighted by molar-refractivity contribution is 0.287. The molecule has 6 nitrogen and oxygen atoms in total. The lowest BCUT2D eigenvalue weighted by Crippen LogP contribution is -2.31. The maximum Gasteiger partial charge on any atom is 0.165 e. The van der Waals surface area contributed by atoms with Crippen LogP contribution in [0.5, 0.6) is 0 Å². The molecular formula is C17H22N6S. The van der Waals surface area contributed by atoms with Crippen LogP contribution in [0.25, 0.3) is 0 Å². The molecule has 0 saturated carbocycles. The van der Waals surface area contributed by atoms with Crippen molar-refractivity contribution in [2.24, 2.45) is 0 Å². The molecule has 0 aliphatic heterocycles. The summed E-state index contributed by atoms with van der Waals surface area (Å²) in [6.07, 6.45) is 0. The van der Waals surface area contributed by atoms with Crippen molar-refractivity contribution in [1.29, 1.82) is 0 Å². The molecule has 7 heteroatoms. The van der Waals surface area contributed by atoms with Crippen LogP contribution in [0, 0.1) is 0 Å². The van der Waals surface area contributed by atoms with Gasteiger partial charge in [0, 0.05) is 12.6 Å². The van der Waals surface area contributed by atoms with Gasteiger partial charge in [-0.1, -0.05) is 30.3 Å². The molecule has 0 radical (unpaired) electrons. The Morgan fingerprint density at radius 3 is 2.75 bits per heavy atom. The summed E-state index contributed by atoms with van der Waals surface area (Å²) in [7, 11) is 4.20. The smallest absolute Gasteiger partial charge is 0.165 e. The number of nitrogens with one attached hydrogen (secondary N) is 1. The summed E-state index contributed by atoms with van der Waals surface area (Å²) in [6, 6.07) is 12.7. The van der Waals surface area contributed by atoms with E-state index in [1.165, 1.54) is 11.1 Å². The second-order valence-corrected chi connectivity index (χ2v) is 6.69. The summed E-state index contributed by atoms with van der Waals surface area (Å²) < 4.78 is 1.84. The van der Waals surface area contributed by atoms with Crippen molar-refractivity contribution in [3.8, 4) is 0 Å². The van der Waals surface area contributed by atoms with Crippen molar-refractivity contribution < 1.29 is 0 Å². The first-order valence-electron chi connectivity index (χ1n) is 7.92. The van der Waals surface area contributed by atoms with Gasteiger partial charge in [-0.3, -0.25) is 0 Å². The molecule has 3 aromatic rings. The second kappa shape index (κ2) is 8.14. The summed E-state index contributed by atoms with van der Waals surface area (Å²) >= 11 is 1.73. The third kappa shape index (κ3) is 4.25. The zero-order chi connectivity index (χ0) is 16.8. The largest absolute Gasteiger partial charge is 0.308 e. The molecule has 24 heavy (non-hydrogen) atoms. The van der Waals surface area contributed by atoms with Gasteiger partial charge in [0.1, 0.15) is 0 Å². The van der Waals surface area contributed by atoms with E-state index in [9.17, 15) is 0 Å². The first-order chi connectivity index (χ1) is 11.7. The molecule has 1 aromatic carbocycles. The summed E-state index contributed by atoms with van der Waals surface area (Å²) in [6.45, 7) is 2.18. The Bertz CT molecular complexity index is 723. The monoisotopic (exact) mass is 342 g/mol. The van der Waals surface area contributed by atoms with Gasteiger partial charge in [-0.25, -0.2) is 4.68 Å². The molecule has 1 N–H and O–H groups in total. The summed E-state index contributed by atoms with van der Waals surface area (Å²) in [4.78, 5) is 2.22. The summed E-state index contributed by atoms with van der Waals surface area (Å²) in [5, 5.41) is 19.9. The SMILES string of the molecule is CN(C)[C@@H](CNCc1nnnn1Cc1ccccc1)c1ccsc1. The van der Waals surface area contributed by atoms with E-state index < -0.39 is 0 Å². The minimum atomic E-state index is 0.342. The molecule has 0 aliphatic rings. The van der Waals surface area contributed by atoms with E-state index in [1.54, 1.807) is 11.3 Å². The van der Waals surface area contributed by atoms with Gasteiger partial charge in [-0.15, -0.1) is 5.10 Å². The Morgan fingerprint density at radius 1 is 1.21 bits per heavy atom. The van der Waals surface area contributed by atoms with Crippen LogP contribution in [0.2, 0.25) is 0 Å². The fourth-order valence-electron chi connectivity index (χ4n) is 2.61. The van der Waals surface area contributed by atoms with E-state index in [0.717, 1.165) is 12.4 Å². The number of hydrogen-bond donors (Lipinski definition) is 1. The van der Waals surface area contributed by atoms with Crippen LogP contribution in [-0.4, -0.2) is 45.7 Å². The molecule has 0 amide bonds. The predicted octanol–water partition coefficient (Wildman–Crippen LogP) is 2.18. The lowest BCUT2D eigenvalue weighted by atomic mass is 10.1. The number of benzene rings is 1. The minimum absolute atomic E-state index is 0.342. The normalized spacial score (nSPS) is 12.6. The van der Waals surface area contributed by atoms with Crippen molar-refractivity contribution >= 4 is 11.3 Å². The quantitative estimate of drug-likeness (QED) is 0.680. The third-order valence-corrected chi connectivity index (χ3v) is 4.65. The molecule has 0 aliphatic carbocycles. The van der Waals surface area contributed by atoms with Gasteiger partial charge in [0.25, 0.3) is 0 Å². The summed E-state index contributed by atoms with van der Waals surface area (Å²) in [5.41, 5.74) is 2.52. The van der Waals surface area contributed by atoms with E-state index in [0.29, 0.717) is 19.1 Å². The standard InChI is InChI=1S/C17H22N6S/c1-22(2)16(15-8-9-24-13-15)10-18-11-17-19-20-21-23(17)12-14-6-4-3-5-7-14/h3-9,13,16,18H,10-12H2,1-2H3/t16-/m0/s1. The fourth-order valence-corrected chi connectivity index (χ4v) is 3.32. The molecule has 1 atom stereocenters. The van der Waals surface area contributed by atoms with Crippen molar-refractivity contribution in [2.75, 3.05) is 20.6 Å². The van der Waals surface area contributed by atoms with Gasteiger partial charge in [-0.05, 0) is 52.5 Å². The maximum atomic E-state index is 4.14. The molecule has 3 rings (SSSR count). The van der Waals surface area contributed by atoms with E-state index in [2.05, 4.69) is 68.8 Å². The van der Waals surface area contributed by atoms with Gasteiger partial charge in [-0.2, -0.15) is 11.3 Å². The fraction of sp³-hybridized carbons (Fsp3) is 0.353. The predicted molar refractivity (Wildman–Crippen MR) is 95.8 cm³/mol. The molecule has 0 saturated heterocycles. The average molecular weight is 342 g/mol. The molecule has 0 spiro atoms. The molecule has 2 aromatic heterocycles. The first kappa shape index (κ1) is 16.8. The maximum absolute atomic E-state index is 4.14. The zero-order valence-corrected chi connectivity index (χ0v) is 14.8. The van der Waals surface area contributed by atoms with Crippen LogP contribution >= 0.6 is 11.3 Å². The molecular weight excluding hydrogens is 320 g/mol. The van der Waals surface area contributed by atoms with Crippen LogP contribution in [0.1, 0.15) is 23.0 Å². The highest BCUT2D eigenvalue weighted by molar-refractivity contribution is 7.07. The van der Waals surface area contributed by atoms with E-state index in [-0.39, 0.29) is 0 Å². The van der Waals surface area contributed by atoms with E-state index >= 15 is 0 Å². The Labute approximate surface area is 146 Å². The molecule has 126 valence electrons. The highest BCUT2D eigenvalue weighted by atomic mass is 32.1. The van der Waals surface area contributed by atoms with Gasteiger partial charge in [0.2, 0.25) is 0 Å². The van der Waals surface area contributed by atoms with E-state index in [4.69, 9.17) is 0 Å². The zero-order valence-electron chi connectivity index (χ0n) is 14.0. The van der Waals surface area contributed by atoms with Crippen molar-refractivity contribution in [2.45, 2.75) is 19.1 Å².